The number of hydrogen-bond donors (Lipinski definition) is 4. The lowest BCUT2D eigenvalue weighted by Crippen LogP contribution is -2.72. The molecule has 2 aromatic carbocycles. The summed E-state index contributed by atoms with van der Waals surface area (Å²) in [4.78, 5) is 28.0. The first-order valence-electron chi connectivity index (χ1n) is 13.0. The van der Waals surface area contributed by atoms with Crippen molar-refractivity contribution in [3.8, 4) is 5.75 Å². The second-order valence-electron chi connectivity index (χ2n) is 10.7. The molecule has 5 rings (SSSR count). The Bertz CT molecular complexity index is 1280. The number of nitrogens with zero attached hydrogens (tertiary/aromatic N) is 1. The molecule has 0 spiro atoms. The molecule has 1 saturated heterocycles. The van der Waals surface area contributed by atoms with Crippen molar-refractivity contribution in [3.05, 3.63) is 83.1 Å². The first-order valence-corrected chi connectivity index (χ1v) is 13.0. The summed E-state index contributed by atoms with van der Waals surface area (Å²) in [7, 11) is 2.01. The van der Waals surface area contributed by atoms with Crippen LogP contribution < -0.4 is 11.1 Å². The molecule has 194 valence electrons. The molecule has 1 saturated carbocycles. The highest BCUT2D eigenvalue weighted by molar-refractivity contribution is 5.98. The number of benzene rings is 2. The summed E-state index contributed by atoms with van der Waals surface area (Å²) in [6.07, 6.45) is 5.91. The number of likely N-dealkylation sites (tertiary alicyclic amines) is 1. The molecule has 0 unspecified atom stereocenters. The molecule has 2 bridgehead atoms. The Hall–Kier alpha value is -3.42. The Kier molecular flexibility index (Phi) is 6.46. The zero-order chi connectivity index (χ0) is 26.4. The second kappa shape index (κ2) is 9.47. The molecule has 0 radical (unpaired) electrons. The molecule has 2 aliphatic carbocycles. The normalized spacial score (nSPS) is 27.2. The molecule has 37 heavy (non-hydrogen) atoms. The van der Waals surface area contributed by atoms with Crippen LogP contribution in [-0.4, -0.2) is 58.6 Å². The fourth-order valence-corrected chi connectivity index (χ4v) is 6.87. The summed E-state index contributed by atoms with van der Waals surface area (Å²) in [6, 6.07) is 11.3. The van der Waals surface area contributed by atoms with Gasteiger partial charge in [0.2, 0.25) is 0 Å². The van der Waals surface area contributed by atoms with E-state index in [9.17, 15) is 19.8 Å². The van der Waals surface area contributed by atoms with Crippen LogP contribution >= 0.6 is 0 Å². The highest BCUT2D eigenvalue weighted by Crippen LogP contribution is 2.59. The molecule has 1 aliphatic heterocycles. The lowest BCUT2D eigenvalue weighted by molar-refractivity contribution is -0.169. The summed E-state index contributed by atoms with van der Waals surface area (Å²) >= 11 is 0. The Labute approximate surface area is 217 Å². The number of aliphatic hydroxyl groups is 1. The molecule has 7 nitrogen and oxygen atoms in total. The highest BCUT2D eigenvalue weighted by Gasteiger charge is 2.65. The Morgan fingerprint density at radius 3 is 2.70 bits per heavy atom. The van der Waals surface area contributed by atoms with Gasteiger partial charge in [-0.1, -0.05) is 43.0 Å². The minimum absolute atomic E-state index is 0.0963. The molecular formula is C30H35N3O4. The van der Waals surface area contributed by atoms with Gasteiger partial charge in [-0.15, -0.1) is 0 Å². The SMILES string of the molecule is C=C/C(=C\N)c1ccc(CCNC(=O)c2ccc3c(c2O)[C@]24CCN(C)[C@H](C3)[C@]2(O)CCC(=O)C4)cc1. The van der Waals surface area contributed by atoms with E-state index in [1.807, 2.05) is 37.4 Å². The molecular weight excluding hydrogens is 466 g/mol. The zero-order valence-corrected chi connectivity index (χ0v) is 21.3. The molecule has 2 fully saturated rings. The summed E-state index contributed by atoms with van der Waals surface area (Å²) in [5.41, 5.74) is 8.23. The van der Waals surface area contributed by atoms with E-state index >= 15 is 0 Å². The number of phenols is 1. The lowest BCUT2D eigenvalue weighted by atomic mass is 9.49. The van der Waals surface area contributed by atoms with E-state index < -0.39 is 11.0 Å². The van der Waals surface area contributed by atoms with Gasteiger partial charge in [-0.2, -0.15) is 0 Å². The standard InChI is InChI=1S/C30H35N3O4/c1-3-20(18-31)21-6-4-19(5-7-21)11-14-32-28(36)24-9-8-22-16-25-30(37)12-10-23(34)17-29(30,13-15-33(25)2)26(22)27(24)35/h3-9,18,25,35,37H,1,10-17,31H2,2H3,(H,32,36)/b20-18+/t25-,29-,30-/m1/s1. The van der Waals surface area contributed by atoms with Crippen molar-refractivity contribution in [1.82, 2.24) is 10.2 Å². The largest absolute Gasteiger partial charge is 0.507 e. The third-order valence-electron chi connectivity index (χ3n) is 8.87. The van der Waals surface area contributed by atoms with E-state index in [-0.39, 0.29) is 35.5 Å². The average molecular weight is 502 g/mol. The monoisotopic (exact) mass is 501 g/mol. The van der Waals surface area contributed by atoms with Crippen LogP contribution in [-0.2, 0) is 23.1 Å². The number of phenolic OH excluding ortho intramolecular Hbond substituents is 1. The van der Waals surface area contributed by atoms with E-state index in [0.29, 0.717) is 44.2 Å². The molecule has 0 aromatic heterocycles. The fourth-order valence-electron chi connectivity index (χ4n) is 6.87. The quantitative estimate of drug-likeness (QED) is 0.453. The lowest BCUT2D eigenvalue weighted by Gasteiger charge is -2.62. The van der Waals surface area contributed by atoms with Crippen LogP contribution in [0.25, 0.3) is 5.57 Å². The smallest absolute Gasteiger partial charge is 0.255 e. The van der Waals surface area contributed by atoms with Gasteiger partial charge in [-0.3, -0.25) is 9.59 Å². The number of rotatable bonds is 6. The van der Waals surface area contributed by atoms with Crippen molar-refractivity contribution < 1.29 is 19.8 Å². The number of carbonyl (C=O) groups is 2. The van der Waals surface area contributed by atoms with E-state index in [1.165, 1.54) is 6.20 Å². The number of piperidine rings is 1. The number of amides is 1. The number of carbonyl (C=O) groups excluding carboxylic acids is 2. The van der Waals surface area contributed by atoms with Gasteiger partial charge in [0, 0.05) is 42.6 Å². The molecule has 1 heterocycles. The maximum atomic E-state index is 13.1. The maximum absolute atomic E-state index is 13.1. The predicted octanol–water partition coefficient (Wildman–Crippen LogP) is 2.83. The first kappa shape index (κ1) is 25.2. The topological polar surface area (TPSA) is 116 Å². The molecule has 5 N–H and O–H groups in total. The average Bonchev–Trinajstić information content (AvgIpc) is 2.88. The predicted molar refractivity (Wildman–Crippen MR) is 143 cm³/mol. The fraction of sp³-hybridized carbons (Fsp3) is 0.400. The number of allylic oxidation sites excluding steroid dienone is 2. The van der Waals surface area contributed by atoms with Gasteiger partial charge in [0.15, 0.2) is 0 Å². The number of hydrogen-bond acceptors (Lipinski definition) is 6. The van der Waals surface area contributed by atoms with Crippen LogP contribution in [0.15, 0.2) is 55.3 Å². The van der Waals surface area contributed by atoms with Crippen LogP contribution in [0.2, 0.25) is 0 Å². The first-order chi connectivity index (χ1) is 17.7. The van der Waals surface area contributed by atoms with Gasteiger partial charge >= 0.3 is 0 Å². The number of aromatic hydroxyl groups is 1. The van der Waals surface area contributed by atoms with Crippen molar-refractivity contribution >= 4 is 17.3 Å². The number of fused-ring (bicyclic) bond motifs is 1. The maximum Gasteiger partial charge on any atom is 0.255 e. The molecule has 3 aliphatic rings. The van der Waals surface area contributed by atoms with E-state index in [0.717, 1.165) is 28.8 Å². The summed E-state index contributed by atoms with van der Waals surface area (Å²) in [5, 5.41) is 26.3. The minimum Gasteiger partial charge on any atom is -0.507 e. The number of Topliss-reactive ketones (excluding diaryl/α,β-unsaturated/α-hetero) is 1. The van der Waals surface area contributed by atoms with Crippen molar-refractivity contribution in [2.24, 2.45) is 5.73 Å². The van der Waals surface area contributed by atoms with Crippen LogP contribution in [0, 0.1) is 0 Å². The number of nitrogens with one attached hydrogen (secondary N) is 1. The van der Waals surface area contributed by atoms with Crippen molar-refractivity contribution in [2.45, 2.75) is 55.6 Å². The van der Waals surface area contributed by atoms with Gasteiger partial charge < -0.3 is 26.2 Å². The Morgan fingerprint density at radius 1 is 1.24 bits per heavy atom. The summed E-state index contributed by atoms with van der Waals surface area (Å²) < 4.78 is 0. The van der Waals surface area contributed by atoms with Gasteiger partial charge in [-0.05, 0) is 67.6 Å². The number of likely N-dealkylation sites (N-methyl/N-ethyl adjacent to an activating group) is 1. The van der Waals surface area contributed by atoms with Crippen LogP contribution in [0.3, 0.4) is 0 Å². The third-order valence-corrected chi connectivity index (χ3v) is 8.87. The molecule has 3 atom stereocenters. The van der Waals surface area contributed by atoms with Crippen molar-refractivity contribution in [3.63, 3.8) is 0 Å². The van der Waals surface area contributed by atoms with Crippen LogP contribution in [0.1, 0.15) is 58.3 Å². The summed E-state index contributed by atoms with van der Waals surface area (Å²) in [6.45, 7) is 4.89. The van der Waals surface area contributed by atoms with Gasteiger partial charge in [0.05, 0.1) is 11.2 Å². The second-order valence-corrected chi connectivity index (χ2v) is 10.7. The molecule has 2 aromatic rings. The van der Waals surface area contributed by atoms with E-state index in [2.05, 4.69) is 16.8 Å². The molecule has 1 amide bonds. The zero-order valence-electron chi connectivity index (χ0n) is 21.3. The molecule has 7 heteroatoms. The van der Waals surface area contributed by atoms with Gasteiger partial charge in [0.25, 0.3) is 5.91 Å². The third kappa shape index (κ3) is 3.97. The Morgan fingerprint density at radius 2 is 2.00 bits per heavy atom. The summed E-state index contributed by atoms with van der Waals surface area (Å²) in [5.74, 6) is -0.363. The van der Waals surface area contributed by atoms with Crippen LogP contribution in [0.4, 0.5) is 0 Å². The van der Waals surface area contributed by atoms with Gasteiger partial charge in [0.1, 0.15) is 11.5 Å². The van der Waals surface area contributed by atoms with Crippen molar-refractivity contribution in [1.29, 1.82) is 0 Å². The minimum atomic E-state index is -1.11. The highest BCUT2D eigenvalue weighted by atomic mass is 16.3. The van der Waals surface area contributed by atoms with E-state index in [1.54, 1.807) is 12.1 Å². The number of ketones is 1. The van der Waals surface area contributed by atoms with E-state index in [4.69, 9.17) is 5.73 Å². The van der Waals surface area contributed by atoms with Crippen LogP contribution in [0.5, 0.6) is 5.75 Å². The van der Waals surface area contributed by atoms with Crippen molar-refractivity contribution in [2.75, 3.05) is 20.1 Å². The van der Waals surface area contributed by atoms with Gasteiger partial charge in [-0.25, -0.2) is 0 Å². The number of nitrogens with two attached hydrogens (primary N) is 1. The Balaban J connectivity index is 1.37.